The smallest absolute Gasteiger partial charge is 0.160 e. The number of ether oxygens (including phenoxy) is 1. The summed E-state index contributed by atoms with van der Waals surface area (Å²) in [4.78, 5) is 2.49. The van der Waals surface area contributed by atoms with Crippen molar-refractivity contribution in [1.29, 1.82) is 10.8 Å². The van der Waals surface area contributed by atoms with Crippen LogP contribution in [0.5, 0.6) is 5.75 Å². The van der Waals surface area contributed by atoms with Gasteiger partial charge in [-0.2, -0.15) is 0 Å². The Balaban J connectivity index is 1.25. The van der Waals surface area contributed by atoms with E-state index in [1.165, 1.54) is 5.56 Å². The predicted octanol–water partition coefficient (Wildman–Crippen LogP) is 7.44. The Morgan fingerprint density at radius 1 is 1.12 bits per heavy atom. The molecule has 1 aromatic heterocycles. The molecule has 1 aliphatic heterocycles. The summed E-state index contributed by atoms with van der Waals surface area (Å²) in [5.41, 5.74) is 1.97. The summed E-state index contributed by atoms with van der Waals surface area (Å²) >= 11 is 13.3. The highest BCUT2D eigenvalue weighted by molar-refractivity contribution is 8.26. The second-order valence-corrected chi connectivity index (χ2v) is 10.3. The Hall–Kier alpha value is -1.99. The van der Waals surface area contributed by atoms with E-state index in [0.29, 0.717) is 39.0 Å². The van der Waals surface area contributed by atoms with E-state index in [0.717, 1.165) is 61.8 Å². The molecule has 0 amide bonds. The number of likely N-dealkylation sites (tertiary alicyclic amines) is 1. The minimum atomic E-state index is 0.230. The first-order chi connectivity index (χ1) is 15.9. The summed E-state index contributed by atoms with van der Waals surface area (Å²) in [6, 6.07) is 13.5. The van der Waals surface area contributed by atoms with Gasteiger partial charge < -0.3 is 14.1 Å². The molecule has 33 heavy (non-hydrogen) atoms. The molecule has 174 valence electrons. The fourth-order valence-corrected chi connectivity index (χ4v) is 5.02. The molecule has 5 nitrogen and oxygen atoms in total. The van der Waals surface area contributed by atoms with Crippen LogP contribution in [0, 0.1) is 10.8 Å². The van der Waals surface area contributed by atoms with Crippen LogP contribution in [0.4, 0.5) is 0 Å². The second kappa shape index (κ2) is 11.0. The molecule has 4 rings (SSSR count). The number of hydrogen-bond donors (Lipinski definition) is 2. The maximum atomic E-state index is 8.10. The fourth-order valence-electron chi connectivity index (χ4n) is 4.20. The number of hydrogen-bond acceptors (Lipinski definition) is 6. The molecule has 0 atom stereocenters. The van der Waals surface area contributed by atoms with Crippen LogP contribution in [0.3, 0.4) is 0 Å². The molecule has 2 aromatic carbocycles. The number of halogens is 2. The number of rotatable bonds is 7. The van der Waals surface area contributed by atoms with Crippen LogP contribution < -0.4 is 4.74 Å². The second-order valence-electron chi connectivity index (χ2n) is 8.26. The lowest BCUT2D eigenvalue weighted by molar-refractivity contribution is 0.193. The zero-order valence-corrected chi connectivity index (χ0v) is 20.8. The van der Waals surface area contributed by atoms with Crippen LogP contribution in [-0.2, 0) is 0 Å². The first-order valence-corrected chi connectivity index (χ1v) is 12.6. The molecule has 0 saturated carbocycles. The van der Waals surface area contributed by atoms with Crippen LogP contribution in [0.25, 0.3) is 11.0 Å². The Bertz CT molecular complexity index is 1160. The fraction of sp³-hybridized carbons (Fsp3) is 0.360. The first kappa shape index (κ1) is 24.1. The molecule has 0 spiro atoms. The topological polar surface area (TPSA) is 73.3 Å². The molecular weight excluding hydrogens is 477 g/mol. The van der Waals surface area contributed by atoms with Gasteiger partial charge >= 0.3 is 0 Å². The van der Waals surface area contributed by atoms with Crippen LogP contribution in [0.1, 0.15) is 43.4 Å². The van der Waals surface area contributed by atoms with Crippen molar-refractivity contribution in [3.05, 3.63) is 63.8 Å². The lowest BCUT2D eigenvalue weighted by Gasteiger charge is -2.32. The third-order valence-corrected chi connectivity index (χ3v) is 7.33. The van der Waals surface area contributed by atoms with E-state index in [-0.39, 0.29) is 5.04 Å². The van der Waals surface area contributed by atoms with E-state index in [1.54, 1.807) is 6.92 Å². The number of thioether (sulfide) groups is 1. The summed E-state index contributed by atoms with van der Waals surface area (Å²) < 4.78 is 11.9. The molecule has 8 heteroatoms. The third-order valence-electron chi connectivity index (χ3n) is 5.88. The van der Waals surface area contributed by atoms with Gasteiger partial charge in [0.2, 0.25) is 0 Å². The maximum absolute atomic E-state index is 8.10. The number of nitrogens with one attached hydrogen (secondary N) is 2. The molecule has 3 aromatic rings. The van der Waals surface area contributed by atoms with E-state index in [9.17, 15) is 0 Å². The summed E-state index contributed by atoms with van der Waals surface area (Å²) in [7, 11) is 0. The summed E-state index contributed by atoms with van der Waals surface area (Å²) in [6.07, 6.45) is 3.18. The summed E-state index contributed by atoms with van der Waals surface area (Å²) in [5.74, 6) is 1.76. The highest BCUT2D eigenvalue weighted by atomic mass is 35.5. The van der Waals surface area contributed by atoms with Gasteiger partial charge in [0.05, 0.1) is 27.1 Å². The van der Waals surface area contributed by atoms with Crippen molar-refractivity contribution in [2.24, 2.45) is 0 Å². The van der Waals surface area contributed by atoms with Crippen molar-refractivity contribution in [2.75, 3.05) is 26.2 Å². The van der Waals surface area contributed by atoms with Gasteiger partial charge in [-0.3, -0.25) is 10.8 Å². The van der Waals surface area contributed by atoms with Crippen LogP contribution in [0.15, 0.2) is 46.9 Å². The molecule has 0 unspecified atom stereocenters. The molecule has 1 aliphatic rings. The van der Waals surface area contributed by atoms with Gasteiger partial charge in [0.15, 0.2) is 5.76 Å². The largest absolute Gasteiger partial charge is 0.493 e. The Labute approximate surface area is 208 Å². The van der Waals surface area contributed by atoms with E-state index in [4.69, 9.17) is 43.2 Å². The number of benzene rings is 2. The molecule has 2 N–H and O–H groups in total. The minimum Gasteiger partial charge on any atom is -0.493 e. The van der Waals surface area contributed by atoms with Crippen LogP contribution in [-0.4, -0.2) is 41.2 Å². The van der Waals surface area contributed by atoms with Gasteiger partial charge in [0.1, 0.15) is 16.4 Å². The van der Waals surface area contributed by atoms with E-state index in [2.05, 4.69) is 11.0 Å². The van der Waals surface area contributed by atoms with E-state index in [1.807, 2.05) is 36.4 Å². The average Bonchev–Trinajstić information content (AvgIpc) is 3.24. The number of piperidine rings is 1. The van der Waals surface area contributed by atoms with Gasteiger partial charge in [-0.1, -0.05) is 47.1 Å². The van der Waals surface area contributed by atoms with E-state index < -0.39 is 0 Å². The third kappa shape index (κ3) is 6.12. The van der Waals surface area contributed by atoms with Crippen molar-refractivity contribution in [1.82, 2.24) is 4.90 Å². The molecule has 1 saturated heterocycles. The Morgan fingerprint density at radius 2 is 1.91 bits per heavy atom. The summed E-state index contributed by atoms with van der Waals surface area (Å²) in [6.45, 7) is 5.42. The SMILES string of the molecule is CC(=N)SC(=N)c1cc2c(OCCCN3CCC(c4ccc(Cl)c(Cl)c4)CC3)cccc2o1. The van der Waals surface area contributed by atoms with Crippen molar-refractivity contribution in [2.45, 2.75) is 32.1 Å². The predicted molar refractivity (Wildman–Crippen MR) is 139 cm³/mol. The van der Waals surface area contributed by atoms with Crippen LogP contribution >= 0.6 is 35.0 Å². The monoisotopic (exact) mass is 503 g/mol. The molecular formula is C25H27Cl2N3O2S. The van der Waals surface area contributed by atoms with Gasteiger partial charge in [-0.05, 0) is 81.1 Å². The van der Waals surface area contributed by atoms with Crippen molar-refractivity contribution >= 4 is 56.0 Å². The molecule has 0 aliphatic carbocycles. The lowest BCUT2D eigenvalue weighted by Crippen LogP contribution is -2.34. The molecule has 2 heterocycles. The minimum absolute atomic E-state index is 0.230. The Kier molecular flexibility index (Phi) is 8.02. The quantitative estimate of drug-likeness (QED) is 0.199. The van der Waals surface area contributed by atoms with Crippen molar-refractivity contribution in [3.63, 3.8) is 0 Å². The van der Waals surface area contributed by atoms with Crippen molar-refractivity contribution in [3.8, 4) is 5.75 Å². The maximum Gasteiger partial charge on any atom is 0.160 e. The Morgan fingerprint density at radius 3 is 2.64 bits per heavy atom. The highest BCUT2D eigenvalue weighted by Crippen LogP contribution is 2.33. The van der Waals surface area contributed by atoms with Gasteiger partial charge in [0, 0.05) is 6.54 Å². The number of furan rings is 1. The van der Waals surface area contributed by atoms with Gasteiger partial charge in [-0.15, -0.1) is 0 Å². The number of nitrogens with zero attached hydrogens (tertiary/aromatic N) is 1. The van der Waals surface area contributed by atoms with Gasteiger partial charge in [0.25, 0.3) is 0 Å². The molecule has 0 bridgehead atoms. The normalized spacial score (nSPS) is 15.1. The molecule has 0 radical (unpaired) electrons. The highest BCUT2D eigenvalue weighted by Gasteiger charge is 2.21. The number of fused-ring (bicyclic) bond motifs is 1. The van der Waals surface area contributed by atoms with Crippen molar-refractivity contribution < 1.29 is 9.15 Å². The lowest BCUT2D eigenvalue weighted by atomic mass is 9.89. The standard InChI is InChI=1S/C25H27Cl2N3O2S/c1-16(28)33-25(29)24-15-19-22(4-2-5-23(19)32-24)31-13-3-10-30-11-8-17(9-12-30)18-6-7-20(26)21(27)14-18/h2,4-7,14-15,17,28-29H,3,8-13H2,1H3. The average molecular weight is 504 g/mol. The first-order valence-electron chi connectivity index (χ1n) is 11.1. The molecule has 1 fully saturated rings. The summed E-state index contributed by atoms with van der Waals surface area (Å²) in [5, 5.41) is 18.4. The zero-order chi connectivity index (χ0) is 23.4. The van der Waals surface area contributed by atoms with E-state index >= 15 is 0 Å². The van der Waals surface area contributed by atoms with Crippen LogP contribution in [0.2, 0.25) is 10.0 Å². The zero-order valence-electron chi connectivity index (χ0n) is 18.5. The van der Waals surface area contributed by atoms with Gasteiger partial charge in [-0.25, -0.2) is 0 Å².